The second kappa shape index (κ2) is 8.50. The van der Waals surface area contributed by atoms with Crippen molar-refractivity contribution in [3.63, 3.8) is 0 Å². The molecule has 23 heavy (non-hydrogen) atoms. The zero-order valence-electron chi connectivity index (χ0n) is 13.0. The van der Waals surface area contributed by atoms with Crippen LogP contribution in [0.25, 0.3) is 0 Å². The van der Waals surface area contributed by atoms with Crippen molar-refractivity contribution in [2.24, 2.45) is 0 Å². The molecule has 0 saturated heterocycles. The fraction of sp³-hybridized carbons (Fsp3) is 0.214. The Balaban J connectivity index is 0.00000264. The number of amides is 2. The Morgan fingerprint density at radius 1 is 1.26 bits per heavy atom. The molecule has 0 unspecified atom stereocenters. The van der Waals surface area contributed by atoms with E-state index in [1.54, 1.807) is 30.3 Å². The van der Waals surface area contributed by atoms with Crippen molar-refractivity contribution < 1.29 is 42.8 Å². The molecular weight excluding hydrogens is 367 g/mol. The molecule has 5 nitrogen and oxygen atoms in total. The minimum Gasteiger partial charge on any atom is -0.307 e. The molecule has 1 aromatic heterocycles. The molecule has 0 bridgehead atoms. The van der Waals surface area contributed by atoms with E-state index in [1.807, 2.05) is 18.6 Å². The van der Waals surface area contributed by atoms with Gasteiger partial charge in [-0.25, -0.2) is 17.9 Å². The van der Waals surface area contributed by atoms with Crippen molar-refractivity contribution >= 4 is 44.7 Å². The van der Waals surface area contributed by atoms with Crippen LogP contribution in [0.5, 0.6) is 0 Å². The van der Waals surface area contributed by atoms with Gasteiger partial charge in [-0.3, -0.25) is 0 Å². The Bertz CT molecular complexity index is 789. The van der Waals surface area contributed by atoms with Crippen molar-refractivity contribution in [3.8, 4) is 0 Å². The van der Waals surface area contributed by atoms with E-state index in [2.05, 4.69) is 5.32 Å². The van der Waals surface area contributed by atoms with Crippen LogP contribution < -0.4 is 39.6 Å². The molecule has 9 heteroatoms. The van der Waals surface area contributed by atoms with Crippen molar-refractivity contribution in [3.05, 3.63) is 45.8 Å². The summed E-state index contributed by atoms with van der Waals surface area (Å²) in [4.78, 5) is 12.8. The van der Waals surface area contributed by atoms with E-state index in [-0.39, 0.29) is 33.8 Å². The summed E-state index contributed by atoms with van der Waals surface area (Å²) in [5, 5.41) is 2.97. The molecule has 1 aromatic carbocycles. The molecule has 2 rings (SSSR count). The zero-order valence-corrected chi connectivity index (χ0v) is 17.4. The van der Waals surface area contributed by atoms with E-state index in [1.165, 1.54) is 11.3 Å². The quantitative estimate of drug-likeness (QED) is 0.769. The van der Waals surface area contributed by atoms with Crippen LogP contribution in [0.15, 0.2) is 34.5 Å². The Hall–Kier alpha value is -0.570. The van der Waals surface area contributed by atoms with E-state index < -0.39 is 16.1 Å². The summed E-state index contributed by atoms with van der Waals surface area (Å²) in [6.07, 6.45) is 0.753. The average molecular weight is 382 g/mol. The summed E-state index contributed by atoms with van der Waals surface area (Å²) in [6.45, 7) is 3.80. The number of anilines is 1. The smallest absolute Gasteiger partial charge is 0.307 e. The Kier molecular flexibility index (Phi) is 7.57. The van der Waals surface area contributed by atoms with Gasteiger partial charge in [0.15, 0.2) is 0 Å². The maximum atomic E-state index is 12.2. The topological polar surface area (TPSA) is 75.3 Å². The summed E-state index contributed by atoms with van der Waals surface area (Å²) < 4.78 is 26.5. The number of carbonyl (C=O) groups is 1. The SMILES string of the molecule is CCc1sc(S(=O)(=O)NC(=O)Nc2ccc(Cl)cc2)cc1C.[Na+]. The number of thiophene rings is 1. The van der Waals surface area contributed by atoms with E-state index >= 15 is 0 Å². The molecule has 0 fully saturated rings. The molecule has 0 aliphatic rings. The van der Waals surface area contributed by atoms with Gasteiger partial charge in [-0.05, 0) is 49.2 Å². The number of nitrogens with one attached hydrogen (secondary N) is 2. The maximum absolute atomic E-state index is 12.2. The molecule has 0 aliphatic carbocycles. The molecule has 118 valence electrons. The molecular formula is C14H15ClN2NaO3S2+. The molecule has 0 atom stereocenters. The molecule has 2 N–H and O–H groups in total. The fourth-order valence-electron chi connectivity index (χ4n) is 1.83. The van der Waals surface area contributed by atoms with E-state index in [4.69, 9.17) is 11.6 Å². The number of hydrogen-bond donors (Lipinski definition) is 2. The van der Waals surface area contributed by atoms with Crippen LogP contribution >= 0.6 is 22.9 Å². The first kappa shape index (κ1) is 20.5. The van der Waals surface area contributed by atoms with E-state index in [9.17, 15) is 13.2 Å². The number of benzene rings is 1. The minimum absolute atomic E-state index is 0. The summed E-state index contributed by atoms with van der Waals surface area (Å²) in [6, 6.07) is 7.12. The van der Waals surface area contributed by atoms with Gasteiger partial charge in [0.2, 0.25) is 0 Å². The van der Waals surface area contributed by atoms with Crippen LogP contribution in [0.1, 0.15) is 17.4 Å². The summed E-state index contributed by atoms with van der Waals surface area (Å²) in [5.41, 5.74) is 1.36. The predicted octanol–water partition coefficient (Wildman–Crippen LogP) is 0.787. The third kappa shape index (κ3) is 5.48. The van der Waals surface area contributed by atoms with Crippen molar-refractivity contribution in [2.75, 3.05) is 5.32 Å². The first-order valence-corrected chi connectivity index (χ1v) is 9.18. The molecule has 0 aliphatic heterocycles. The van der Waals surface area contributed by atoms with Gasteiger partial charge in [-0.15, -0.1) is 11.3 Å². The van der Waals surface area contributed by atoms with Crippen LogP contribution in [0.3, 0.4) is 0 Å². The second-order valence-electron chi connectivity index (χ2n) is 4.59. The molecule has 0 spiro atoms. The van der Waals surface area contributed by atoms with Crippen LogP contribution in [0.4, 0.5) is 10.5 Å². The number of carbonyl (C=O) groups excluding carboxylic acids is 1. The standard InChI is InChI=1S/C14H15ClN2O3S2.Na/c1-3-12-9(2)8-13(21-12)22(19,20)17-14(18)16-11-6-4-10(15)5-7-11;/h4-8H,3H2,1-2H3,(H2,16,17,18);/q;+1. The van der Waals surface area contributed by atoms with Crippen molar-refractivity contribution in [1.29, 1.82) is 0 Å². The Morgan fingerprint density at radius 3 is 2.39 bits per heavy atom. The number of halogens is 1. The fourth-order valence-corrected chi connectivity index (χ4v) is 4.40. The molecule has 1 heterocycles. The Labute approximate surface area is 166 Å². The number of aryl methyl sites for hydroxylation is 2. The summed E-state index contributed by atoms with van der Waals surface area (Å²) in [7, 11) is -3.87. The zero-order chi connectivity index (χ0) is 16.3. The summed E-state index contributed by atoms with van der Waals surface area (Å²) >= 11 is 6.91. The van der Waals surface area contributed by atoms with Crippen molar-refractivity contribution in [1.82, 2.24) is 4.72 Å². The Morgan fingerprint density at radius 2 is 1.87 bits per heavy atom. The van der Waals surface area contributed by atoms with Gasteiger partial charge in [0.05, 0.1) is 0 Å². The third-order valence-electron chi connectivity index (χ3n) is 2.91. The van der Waals surface area contributed by atoms with Crippen LogP contribution in [-0.2, 0) is 16.4 Å². The number of hydrogen-bond acceptors (Lipinski definition) is 4. The number of rotatable bonds is 4. The monoisotopic (exact) mass is 381 g/mol. The normalized spacial score (nSPS) is 10.7. The van der Waals surface area contributed by atoms with Gasteiger partial charge < -0.3 is 5.32 Å². The predicted molar refractivity (Wildman–Crippen MR) is 89.2 cm³/mol. The van der Waals surface area contributed by atoms with E-state index in [0.29, 0.717) is 10.7 Å². The molecule has 2 aromatic rings. The van der Waals surface area contributed by atoms with Gasteiger partial charge in [-0.2, -0.15) is 0 Å². The third-order valence-corrected chi connectivity index (χ3v) is 6.35. The molecule has 0 saturated carbocycles. The van der Waals surface area contributed by atoms with Gasteiger partial charge in [0.1, 0.15) is 4.21 Å². The molecule has 2 amide bonds. The van der Waals surface area contributed by atoms with Gasteiger partial charge in [0.25, 0.3) is 10.0 Å². The maximum Gasteiger partial charge on any atom is 1.00 e. The first-order chi connectivity index (χ1) is 10.3. The van der Waals surface area contributed by atoms with Gasteiger partial charge >= 0.3 is 35.6 Å². The van der Waals surface area contributed by atoms with Crippen LogP contribution in [0, 0.1) is 6.92 Å². The van der Waals surface area contributed by atoms with E-state index in [0.717, 1.165) is 16.9 Å². The van der Waals surface area contributed by atoms with Crippen molar-refractivity contribution in [2.45, 2.75) is 24.5 Å². The van der Waals surface area contributed by atoms with Crippen LogP contribution in [-0.4, -0.2) is 14.4 Å². The summed E-state index contributed by atoms with van der Waals surface area (Å²) in [5.74, 6) is 0. The molecule has 0 radical (unpaired) electrons. The van der Waals surface area contributed by atoms with Crippen LogP contribution in [0.2, 0.25) is 5.02 Å². The minimum atomic E-state index is -3.87. The second-order valence-corrected chi connectivity index (χ2v) is 8.07. The van der Waals surface area contributed by atoms with Gasteiger partial charge in [-0.1, -0.05) is 18.5 Å². The number of urea groups is 1. The average Bonchev–Trinajstić information content (AvgIpc) is 2.83. The number of sulfonamides is 1. The first-order valence-electron chi connectivity index (χ1n) is 6.50. The van der Waals surface area contributed by atoms with Gasteiger partial charge in [0, 0.05) is 15.6 Å². The largest absolute Gasteiger partial charge is 1.00 e.